The first-order chi connectivity index (χ1) is 9.22. The first kappa shape index (κ1) is 11.5. The van der Waals surface area contributed by atoms with Crippen LogP contribution in [0.15, 0.2) is 53.1 Å². The molecule has 0 aliphatic carbocycles. The first-order valence-electron chi connectivity index (χ1n) is 5.90. The van der Waals surface area contributed by atoms with Gasteiger partial charge < -0.3 is 20.0 Å². The monoisotopic (exact) mass is 255 g/mol. The second-order valence-electron chi connectivity index (χ2n) is 4.30. The molecule has 0 saturated carbocycles. The van der Waals surface area contributed by atoms with Crippen LogP contribution in [0.1, 0.15) is 5.56 Å². The molecular formula is C15H13NO3. The Morgan fingerprint density at radius 1 is 1.11 bits per heavy atom. The number of furan rings is 1. The molecule has 0 aliphatic heterocycles. The number of hydrogen-bond acceptors (Lipinski definition) is 4. The third-order valence-corrected chi connectivity index (χ3v) is 2.91. The Morgan fingerprint density at radius 2 is 1.89 bits per heavy atom. The van der Waals surface area contributed by atoms with Gasteiger partial charge >= 0.3 is 0 Å². The summed E-state index contributed by atoms with van der Waals surface area (Å²) < 4.78 is 11.1. The zero-order chi connectivity index (χ0) is 13.2. The zero-order valence-electron chi connectivity index (χ0n) is 10.2. The van der Waals surface area contributed by atoms with Crippen LogP contribution in [0.3, 0.4) is 0 Å². The van der Waals surface area contributed by atoms with E-state index in [4.69, 9.17) is 14.9 Å². The highest BCUT2D eigenvalue weighted by Gasteiger charge is 2.06. The normalized spacial score (nSPS) is 10.7. The van der Waals surface area contributed by atoms with Gasteiger partial charge in [-0.25, -0.2) is 0 Å². The molecule has 0 saturated heterocycles. The Morgan fingerprint density at radius 3 is 2.68 bits per heavy atom. The topological polar surface area (TPSA) is 68.6 Å². The van der Waals surface area contributed by atoms with Gasteiger partial charge in [-0.1, -0.05) is 0 Å². The van der Waals surface area contributed by atoms with E-state index in [2.05, 4.69) is 0 Å². The van der Waals surface area contributed by atoms with E-state index in [9.17, 15) is 5.11 Å². The van der Waals surface area contributed by atoms with E-state index < -0.39 is 0 Å². The third kappa shape index (κ3) is 2.33. The quantitative estimate of drug-likeness (QED) is 0.704. The molecule has 0 spiro atoms. The van der Waals surface area contributed by atoms with Crippen molar-refractivity contribution in [2.45, 2.75) is 6.61 Å². The molecule has 3 rings (SSSR count). The number of benzene rings is 2. The fourth-order valence-corrected chi connectivity index (χ4v) is 1.92. The van der Waals surface area contributed by atoms with Crippen LogP contribution >= 0.6 is 0 Å². The van der Waals surface area contributed by atoms with Gasteiger partial charge in [-0.2, -0.15) is 0 Å². The minimum atomic E-state index is 0.219. The van der Waals surface area contributed by atoms with E-state index in [-0.39, 0.29) is 5.75 Å². The summed E-state index contributed by atoms with van der Waals surface area (Å²) >= 11 is 0. The highest BCUT2D eigenvalue weighted by Crippen LogP contribution is 2.25. The number of nitrogens with two attached hydrogens (primary N) is 1. The molecule has 4 heteroatoms. The summed E-state index contributed by atoms with van der Waals surface area (Å²) in [6, 6.07) is 12.2. The highest BCUT2D eigenvalue weighted by atomic mass is 16.5. The molecule has 0 amide bonds. The number of rotatable bonds is 3. The predicted octanol–water partition coefficient (Wildman–Crippen LogP) is 3.30. The average Bonchev–Trinajstić information content (AvgIpc) is 2.80. The van der Waals surface area contributed by atoms with Crippen LogP contribution in [0.4, 0.5) is 5.69 Å². The molecule has 0 bridgehead atoms. The largest absolute Gasteiger partial charge is 0.508 e. The Balaban J connectivity index is 1.80. The number of anilines is 1. The Bertz CT molecular complexity index is 701. The maximum absolute atomic E-state index is 9.19. The van der Waals surface area contributed by atoms with Crippen molar-refractivity contribution in [3.05, 3.63) is 54.3 Å². The summed E-state index contributed by atoms with van der Waals surface area (Å²) in [6.45, 7) is 0.404. The molecule has 3 N–H and O–H groups in total. The van der Waals surface area contributed by atoms with Gasteiger partial charge in [0.15, 0.2) is 0 Å². The van der Waals surface area contributed by atoms with Gasteiger partial charge in [0, 0.05) is 22.7 Å². The van der Waals surface area contributed by atoms with E-state index in [0.29, 0.717) is 18.0 Å². The van der Waals surface area contributed by atoms with Gasteiger partial charge in [0.25, 0.3) is 0 Å². The molecule has 0 unspecified atom stereocenters. The minimum Gasteiger partial charge on any atom is -0.508 e. The molecule has 0 aliphatic rings. The molecular weight excluding hydrogens is 242 g/mol. The highest BCUT2D eigenvalue weighted by molar-refractivity contribution is 5.83. The van der Waals surface area contributed by atoms with Crippen LogP contribution in [0, 0.1) is 0 Å². The fraction of sp³-hybridized carbons (Fsp3) is 0.0667. The van der Waals surface area contributed by atoms with Crippen molar-refractivity contribution in [2.75, 3.05) is 5.73 Å². The minimum absolute atomic E-state index is 0.219. The standard InChI is InChI=1S/C15H13NO3/c16-11-1-6-14-10(9-19-15(14)7-11)8-18-13-4-2-12(17)3-5-13/h1-7,9,17H,8,16H2. The maximum atomic E-state index is 9.19. The van der Waals surface area contributed by atoms with Crippen molar-refractivity contribution in [3.8, 4) is 11.5 Å². The van der Waals surface area contributed by atoms with Crippen LogP contribution in [0.2, 0.25) is 0 Å². The summed E-state index contributed by atoms with van der Waals surface area (Å²) in [6.07, 6.45) is 1.67. The van der Waals surface area contributed by atoms with Crippen LogP contribution in [-0.2, 0) is 6.61 Å². The Hall–Kier alpha value is -2.62. The summed E-state index contributed by atoms with van der Waals surface area (Å²) in [5.74, 6) is 0.916. The van der Waals surface area contributed by atoms with Gasteiger partial charge in [-0.15, -0.1) is 0 Å². The van der Waals surface area contributed by atoms with Gasteiger partial charge in [-0.3, -0.25) is 0 Å². The molecule has 19 heavy (non-hydrogen) atoms. The second-order valence-corrected chi connectivity index (χ2v) is 4.30. The van der Waals surface area contributed by atoms with E-state index in [1.54, 1.807) is 36.6 Å². The van der Waals surface area contributed by atoms with Gasteiger partial charge in [0.1, 0.15) is 23.7 Å². The average molecular weight is 255 g/mol. The van der Waals surface area contributed by atoms with E-state index >= 15 is 0 Å². The van der Waals surface area contributed by atoms with Crippen LogP contribution < -0.4 is 10.5 Å². The Kier molecular flexibility index (Phi) is 2.76. The second kappa shape index (κ2) is 4.57. The van der Waals surface area contributed by atoms with E-state index in [0.717, 1.165) is 16.5 Å². The van der Waals surface area contributed by atoms with Crippen molar-refractivity contribution in [2.24, 2.45) is 0 Å². The lowest BCUT2D eigenvalue weighted by molar-refractivity contribution is 0.305. The third-order valence-electron chi connectivity index (χ3n) is 2.91. The predicted molar refractivity (Wildman–Crippen MR) is 73.1 cm³/mol. The number of nitrogen functional groups attached to an aromatic ring is 1. The first-order valence-corrected chi connectivity index (χ1v) is 5.90. The molecule has 96 valence electrons. The lowest BCUT2D eigenvalue weighted by atomic mass is 10.2. The molecule has 4 nitrogen and oxygen atoms in total. The summed E-state index contributed by atoms with van der Waals surface area (Å²) in [5.41, 5.74) is 8.09. The number of fused-ring (bicyclic) bond motifs is 1. The molecule has 0 fully saturated rings. The fourth-order valence-electron chi connectivity index (χ4n) is 1.92. The number of phenolic OH excluding ortho intramolecular Hbond substituents is 1. The maximum Gasteiger partial charge on any atom is 0.136 e. The van der Waals surface area contributed by atoms with Gasteiger partial charge in [0.2, 0.25) is 0 Å². The number of ether oxygens (including phenoxy) is 1. The lowest BCUT2D eigenvalue weighted by Gasteiger charge is -2.04. The zero-order valence-corrected chi connectivity index (χ0v) is 10.2. The van der Waals surface area contributed by atoms with Crippen molar-refractivity contribution in [1.82, 2.24) is 0 Å². The molecule has 0 atom stereocenters. The SMILES string of the molecule is Nc1ccc2c(COc3ccc(O)cc3)coc2c1. The van der Waals surface area contributed by atoms with Crippen LogP contribution in [0.25, 0.3) is 11.0 Å². The van der Waals surface area contributed by atoms with Crippen LogP contribution in [-0.4, -0.2) is 5.11 Å². The summed E-state index contributed by atoms with van der Waals surface area (Å²) in [5, 5.41) is 10.2. The summed E-state index contributed by atoms with van der Waals surface area (Å²) in [4.78, 5) is 0. The van der Waals surface area contributed by atoms with Crippen molar-refractivity contribution >= 4 is 16.7 Å². The van der Waals surface area contributed by atoms with E-state index in [1.165, 1.54) is 0 Å². The number of hydrogen-bond donors (Lipinski definition) is 2. The number of aromatic hydroxyl groups is 1. The molecule has 0 radical (unpaired) electrons. The van der Waals surface area contributed by atoms with Crippen molar-refractivity contribution in [1.29, 1.82) is 0 Å². The number of phenols is 1. The van der Waals surface area contributed by atoms with Gasteiger partial charge in [-0.05, 0) is 36.4 Å². The van der Waals surface area contributed by atoms with E-state index in [1.807, 2.05) is 12.1 Å². The Labute approximate surface area is 110 Å². The molecule has 1 aromatic heterocycles. The molecule has 2 aromatic carbocycles. The molecule has 1 heterocycles. The van der Waals surface area contributed by atoms with Crippen molar-refractivity contribution < 1.29 is 14.3 Å². The summed E-state index contributed by atoms with van der Waals surface area (Å²) in [7, 11) is 0. The molecule has 3 aromatic rings. The lowest BCUT2D eigenvalue weighted by Crippen LogP contribution is -1.94. The van der Waals surface area contributed by atoms with Crippen LogP contribution in [0.5, 0.6) is 11.5 Å². The van der Waals surface area contributed by atoms with Gasteiger partial charge in [0.05, 0.1) is 6.26 Å². The smallest absolute Gasteiger partial charge is 0.136 e. The van der Waals surface area contributed by atoms with Crippen molar-refractivity contribution in [3.63, 3.8) is 0 Å².